The quantitative estimate of drug-likeness (QED) is 0.447. The van der Waals surface area contributed by atoms with E-state index in [2.05, 4.69) is 0 Å². The average molecular weight is 467 g/mol. The lowest BCUT2D eigenvalue weighted by atomic mass is 9.85. The predicted molar refractivity (Wildman–Crippen MR) is 130 cm³/mol. The van der Waals surface area contributed by atoms with Gasteiger partial charge in [0.1, 0.15) is 17.3 Å². The molecular weight excluding hydrogens is 445 g/mol. The number of carbonyl (C=O) groups excluding carboxylic acids is 1. The number of phenols is 1. The summed E-state index contributed by atoms with van der Waals surface area (Å²) in [6, 6.07) is 24.5. The zero-order valence-electron chi connectivity index (χ0n) is 18.7. The monoisotopic (exact) mass is 467 g/mol. The Hall–Kier alpha value is -4.16. The van der Waals surface area contributed by atoms with Gasteiger partial charge in [0, 0.05) is 23.6 Å². The van der Waals surface area contributed by atoms with E-state index < -0.39 is 17.3 Å². The molecule has 0 aromatic heterocycles. The molecule has 4 aromatic carbocycles. The summed E-state index contributed by atoms with van der Waals surface area (Å²) in [5, 5.41) is 22.7. The van der Waals surface area contributed by atoms with Crippen molar-refractivity contribution in [3.63, 3.8) is 0 Å². The standard InChI is InChI=1S/C29H22FNO4/c30-21-10-11-25-23(15-21)29(34,24-14-19-12-13-35-27(19)16-26(24)32)28(33)31(25)17-20-8-4-5-9-22(20)18-6-2-1-3-7-18/h1-11,14-16,32,34H,12-13,17H2. The molecule has 2 N–H and O–H groups in total. The van der Waals surface area contributed by atoms with Gasteiger partial charge < -0.3 is 19.8 Å². The molecule has 35 heavy (non-hydrogen) atoms. The molecule has 1 atom stereocenters. The zero-order valence-corrected chi connectivity index (χ0v) is 18.7. The maximum absolute atomic E-state index is 14.4. The molecule has 5 nitrogen and oxygen atoms in total. The van der Waals surface area contributed by atoms with Gasteiger partial charge in [-0.1, -0.05) is 54.6 Å². The summed E-state index contributed by atoms with van der Waals surface area (Å²) >= 11 is 0. The fraction of sp³-hybridized carbons (Fsp3) is 0.138. The molecule has 0 aliphatic carbocycles. The molecule has 0 fully saturated rings. The van der Waals surface area contributed by atoms with Crippen LogP contribution < -0.4 is 9.64 Å². The van der Waals surface area contributed by atoms with Gasteiger partial charge in [0.2, 0.25) is 5.60 Å². The second kappa shape index (κ2) is 7.96. The third kappa shape index (κ3) is 3.29. The van der Waals surface area contributed by atoms with Crippen LogP contribution in [0, 0.1) is 5.82 Å². The number of anilines is 1. The summed E-state index contributed by atoms with van der Waals surface area (Å²) < 4.78 is 19.9. The van der Waals surface area contributed by atoms with Gasteiger partial charge in [-0.05, 0) is 46.5 Å². The highest BCUT2D eigenvalue weighted by Crippen LogP contribution is 2.49. The Kier molecular flexibility index (Phi) is 4.86. The van der Waals surface area contributed by atoms with E-state index in [0.717, 1.165) is 22.3 Å². The third-order valence-corrected chi connectivity index (χ3v) is 6.82. The van der Waals surface area contributed by atoms with E-state index in [-0.39, 0.29) is 23.4 Å². The number of nitrogens with zero attached hydrogens (tertiary/aromatic N) is 1. The molecule has 2 aliphatic rings. The van der Waals surface area contributed by atoms with Gasteiger partial charge in [-0.15, -0.1) is 0 Å². The van der Waals surface area contributed by atoms with E-state index in [4.69, 9.17) is 4.74 Å². The first-order chi connectivity index (χ1) is 17.0. The van der Waals surface area contributed by atoms with E-state index in [1.165, 1.54) is 29.2 Å². The molecule has 6 rings (SSSR count). The maximum Gasteiger partial charge on any atom is 0.268 e. The van der Waals surface area contributed by atoms with Crippen molar-refractivity contribution >= 4 is 11.6 Å². The molecular formula is C29H22FNO4. The highest BCUT2D eigenvalue weighted by atomic mass is 19.1. The fourth-order valence-electron chi connectivity index (χ4n) is 5.10. The number of fused-ring (bicyclic) bond motifs is 2. The Morgan fingerprint density at radius 3 is 2.54 bits per heavy atom. The number of amides is 1. The first kappa shape index (κ1) is 21.4. The normalized spacial score (nSPS) is 18.3. The van der Waals surface area contributed by atoms with Crippen molar-refractivity contribution in [3.05, 3.63) is 113 Å². The number of hydrogen-bond acceptors (Lipinski definition) is 4. The number of benzene rings is 4. The van der Waals surface area contributed by atoms with Crippen molar-refractivity contribution in [2.75, 3.05) is 11.5 Å². The predicted octanol–water partition coefficient (Wildman–Crippen LogP) is 4.92. The number of hydrogen-bond donors (Lipinski definition) is 2. The van der Waals surface area contributed by atoms with Crippen molar-refractivity contribution in [2.24, 2.45) is 0 Å². The van der Waals surface area contributed by atoms with Gasteiger partial charge >= 0.3 is 0 Å². The first-order valence-electron chi connectivity index (χ1n) is 11.4. The largest absolute Gasteiger partial charge is 0.507 e. The summed E-state index contributed by atoms with van der Waals surface area (Å²) in [6.07, 6.45) is 0.594. The van der Waals surface area contributed by atoms with Crippen LogP contribution in [0.4, 0.5) is 10.1 Å². The van der Waals surface area contributed by atoms with Crippen molar-refractivity contribution in [1.82, 2.24) is 0 Å². The lowest BCUT2D eigenvalue weighted by Gasteiger charge is -2.25. The van der Waals surface area contributed by atoms with E-state index in [1.54, 1.807) is 6.07 Å². The van der Waals surface area contributed by atoms with Crippen molar-refractivity contribution < 1.29 is 24.1 Å². The summed E-state index contributed by atoms with van der Waals surface area (Å²) in [5.74, 6) is -0.975. The number of halogens is 1. The smallest absolute Gasteiger partial charge is 0.268 e. The highest BCUT2D eigenvalue weighted by molar-refractivity contribution is 6.09. The molecule has 2 heterocycles. The topological polar surface area (TPSA) is 70.0 Å². The minimum atomic E-state index is -2.24. The number of rotatable bonds is 4. The molecule has 0 saturated carbocycles. The lowest BCUT2D eigenvalue weighted by molar-refractivity contribution is -0.132. The second-order valence-corrected chi connectivity index (χ2v) is 8.86. The van der Waals surface area contributed by atoms with Gasteiger partial charge in [-0.3, -0.25) is 4.79 Å². The Bertz CT molecular complexity index is 1470. The molecule has 1 unspecified atom stereocenters. The number of carbonyl (C=O) groups is 1. The van der Waals surface area contributed by atoms with Crippen LogP contribution in [0.5, 0.6) is 11.5 Å². The number of phenolic OH excluding ortho intramolecular Hbond substituents is 1. The van der Waals surface area contributed by atoms with Crippen LogP contribution in [-0.4, -0.2) is 22.7 Å². The molecule has 174 valence electrons. The third-order valence-electron chi connectivity index (χ3n) is 6.82. The van der Waals surface area contributed by atoms with E-state index in [9.17, 15) is 19.4 Å². The fourth-order valence-corrected chi connectivity index (χ4v) is 5.10. The molecule has 2 aliphatic heterocycles. The van der Waals surface area contributed by atoms with Crippen LogP contribution >= 0.6 is 0 Å². The van der Waals surface area contributed by atoms with Crippen LogP contribution in [0.2, 0.25) is 0 Å². The summed E-state index contributed by atoms with van der Waals surface area (Å²) in [5.41, 5.74) is 1.91. The molecule has 1 amide bonds. The number of aliphatic hydroxyl groups is 1. The van der Waals surface area contributed by atoms with E-state index >= 15 is 0 Å². The maximum atomic E-state index is 14.4. The van der Waals surface area contributed by atoms with Crippen LogP contribution in [0.3, 0.4) is 0 Å². The van der Waals surface area contributed by atoms with Gasteiger partial charge in [0.05, 0.1) is 18.8 Å². The van der Waals surface area contributed by atoms with Gasteiger partial charge in [0.15, 0.2) is 0 Å². The van der Waals surface area contributed by atoms with Gasteiger partial charge in [-0.2, -0.15) is 0 Å². The highest BCUT2D eigenvalue weighted by Gasteiger charge is 2.53. The van der Waals surface area contributed by atoms with Crippen molar-refractivity contribution in [3.8, 4) is 22.6 Å². The Balaban J connectivity index is 1.48. The van der Waals surface area contributed by atoms with Gasteiger partial charge in [-0.25, -0.2) is 4.39 Å². The average Bonchev–Trinajstić information content (AvgIpc) is 3.41. The second-order valence-electron chi connectivity index (χ2n) is 8.86. The van der Waals surface area contributed by atoms with Crippen LogP contribution in [0.25, 0.3) is 11.1 Å². The van der Waals surface area contributed by atoms with Crippen molar-refractivity contribution in [2.45, 2.75) is 18.6 Å². The molecule has 0 radical (unpaired) electrons. The zero-order chi connectivity index (χ0) is 24.2. The first-order valence-corrected chi connectivity index (χ1v) is 11.4. The van der Waals surface area contributed by atoms with Crippen molar-refractivity contribution in [1.29, 1.82) is 0 Å². The van der Waals surface area contributed by atoms with Crippen LogP contribution in [0.1, 0.15) is 22.3 Å². The Morgan fingerprint density at radius 1 is 0.943 bits per heavy atom. The minimum Gasteiger partial charge on any atom is -0.507 e. The number of aromatic hydroxyl groups is 1. The Morgan fingerprint density at radius 2 is 1.71 bits per heavy atom. The van der Waals surface area contributed by atoms with Crippen LogP contribution in [-0.2, 0) is 23.4 Å². The molecule has 0 bridgehead atoms. The Labute approximate surface area is 201 Å². The summed E-state index contributed by atoms with van der Waals surface area (Å²) in [7, 11) is 0. The summed E-state index contributed by atoms with van der Waals surface area (Å²) in [4.78, 5) is 15.4. The minimum absolute atomic E-state index is 0.0254. The van der Waals surface area contributed by atoms with E-state index in [0.29, 0.717) is 24.5 Å². The molecule has 0 saturated heterocycles. The lowest BCUT2D eigenvalue weighted by Crippen LogP contribution is -2.41. The van der Waals surface area contributed by atoms with Gasteiger partial charge in [0.25, 0.3) is 5.91 Å². The number of ether oxygens (including phenoxy) is 1. The summed E-state index contributed by atoms with van der Waals surface area (Å²) in [6.45, 7) is 0.623. The van der Waals surface area contributed by atoms with Crippen LogP contribution in [0.15, 0.2) is 84.9 Å². The molecule has 6 heteroatoms. The SMILES string of the molecule is O=C1N(Cc2ccccc2-c2ccccc2)c2ccc(F)cc2C1(O)c1cc2c(cc1O)OCC2. The van der Waals surface area contributed by atoms with E-state index in [1.807, 2.05) is 54.6 Å². The molecule has 0 spiro atoms. The molecule has 4 aromatic rings.